The molecule has 42 heavy (non-hydrogen) atoms. The van der Waals surface area contributed by atoms with E-state index in [0.717, 1.165) is 28.3 Å². The van der Waals surface area contributed by atoms with Crippen LogP contribution >= 0.6 is 11.3 Å². The fourth-order valence-corrected chi connectivity index (χ4v) is 5.78. The molecule has 1 aromatic heterocycles. The Hall–Kier alpha value is -2.47. The molecular formula is C36H57NO4S. The molecule has 0 aliphatic carbocycles. The van der Waals surface area contributed by atoms with Crippen molar-refractivity contribution in [2.45, 2.75) is 149 Å². The highest BCUT2D eigenvalue weighted by Crippen LogP contribution is 2.27. The SMILES string of the molecule is CCCCCCCC/C=C\CCCCCCCCCCCCCC(=O)O.Cc1sc(-c2ccccc2)nc1CC(=O)O. The van der Waals surface area contributed by atoms with Crippen LogP contribution in [0.1, 0.15) is 146 Å². The Kier molecular flexibility index (Phi) is 23.4. The third-order valence-corrected chi connectivity index (χ3v) is 8.45. The number of aliphatic carboxylic acids is 2. The van der Waals surface area contributed by atoms with E-state index in [0.29, 0.717) is 12.1 Å². The number of hydrogen-bond acceptors (Lipinski definition) is 4. The molecule has 1 aromatic carbocycles. The maximum atomic E-state index is 10.6. The van der Waals surface area contributed by atoms with Crippen molar-refractivity contribution < 1.29 is 19.8 Å². The van der Waals surface area contributed by atoms with Crippen LogP contribution in [-0.2, 0) is 16.0 Å². The molecule has 0 aliphatic rings. The molecule has 0 amide bonds. The van der Waals surface area contributed by atoms with Crippen LogP contribution in [0.25, 0.3) is 10.6 Å². The molecule has 5 nitrogen and oxygen atoms in total. The number of carboxylic acid groups (broad SMARTS) is 2. The second kappa shape index (κ2) is 26.2. The number of allylic oxidation sites excluding steroid dienone is 2. The minimum absolute atomic E-state index is 0.00479. The summed E-state index contributed by atoms with van der Waals surface area (Å²) in [6.45, 7) is 4.18. The number of hydrogen-bond donors (Lipinski definition) is 2. The Morgan fingerprint density at radius 1 is 0.690 bits per heavy atom. The number of aryl methyl sites for hydroxylation is 1. The molecule has 0 aliphatic heterocycles. The summed E-state index contributed by atoms with van der Waals surface area (Å²) in [6.07, 6.45) is 30.1. The fraction of sp³-hybridized carbons (Fsp3) is 0.639. The molecule has 0 spiro atoms. The number of thiazole rings is 1. The summed E-state index contributed by atoms with van der Waals surface area (Å²) in [6, 6.07) is 9.79. The number of carboxylic acids is 2. The molecule has 236 valence electrons. The fourth-order valence-electron chi connectivity index (χ4n) is 4.85. The lowest BCUT2D eigenvalue weighted by Gasteiger charge is -2.02. The number of aromatic nitrogens is 1. The highest BCUT2D eigenvalue weighted by Gasteiger charge is 2.11. The molecule has 2 N–H and O–H groups in total. The van der Waals surface area contributed by atoms with Crippen LogP contribution in [0.3, 0.4) is 0 Å². The van der Waals surface area contributed by atoms with Crippen LogP contribution in [0.15, 0.2) is 42.5 Å². The summed E-state index contributed by atoms with van der Waals surface area (Å²) in [5.74, 6) is -1.49. The van der Waals surface area contributed by atoms with E-state index in [9.17, 15) is 9.59 Å². The molecular weight excluding hydrogens is 542 g/mol. The van der Waals surface area contributed by atoms with Gasteiger partial charge >= 0.3 is 11.9 Å². The first-order chi connectivity index (χ1) is 20.4. The lowest BCUT2D eigenvalue weighted by molar-refractivity contribution is -0.137. The maximum Gasteiger partial charge on any atom is 0.309 e. The van der Waals surface area contributed by atoms with Crippen molar-refractivity contribution >= 4 is 23.3 Å². The highest BCUT2D eigenvalue weighted by molar-refractivity contribution is 7.15. The summed E-state index contributed by atoms with van der Waals surface area (Å²) in [7, 11) is 0. The van der Waals surface area contributed by atoms with E-state index in [1.165, 1.54) is 120 Å². The lowest BCUT2D eigenvalue weighted by atomic mass is 10.0. The van der Waals surface area contributed by atoms with Crippen LogP contribution in [0, 0.1) is 6.92 Å². The van der Waals surface area contributed by atoms with Crippen molar-refractivity contribution in [3.05, 3.63) is 53.1 Å². The molecule has 0 fully saturated rings. The van der Waals surface area contributed by atoms with Crippen LogP contribution in [0.5, 0.6) is 0 Å². The molecule has 0 radical (unpaired) electrons. The monoisotopic (exact) mass is 599 g/mol. The quantitative estimate of drug-likeness (QED) is 0.0925. The number of rotatable bonds is 24. The van der Waals surface area contributed by atoms with Gasteiger partial charge < -0.3 is 10.2 Å². The van der Waals surface area contributed by atoms with Gasteiger partial charge in [-0.25, -0.2) is 4.98 Å². The van der Waals surface area contributed by atoms with Gasteiger partial charge in [0.05, 0.1) is 12.1 Å². The van der Waals surface area contributed by atoms with E-state index < -0.39 is 11.9 Å². The minimum atomic E-state index is -0.840. The molecule has 1 heterocycles. The lowest BCUT2D eigenvalue weighted by Crippen LogP contribution is -2.01. The molecule has 0 unspecified atom stereocenters. The zero-order chi connectivity index (χ0) is 30.7. The predicted octanol–water partition coefficient (Wildman–Crippen LogP) is 11.2. The molecule has 6 heteroatoms. The van der Waals surface area contributed by atoms with Gasteiger partial charge in [-0.1, -0.05) is 139 Å². The minimum Gasteiger partial charge on any atom is -0.481 e. The third kappa shape index (κ3) is 21.3. The molecule has 0 saturated carbocycles. The van der Waals surface area contributed by atoms with Gasteiger partial charge in [0.1, 0.15) is 5.01 Å². The molecule has 2 aromatic rings. The zero-order valence-electron chi connectivity index (χ0n) is 26.5. The second-order valence-electron chi connectivity index (χ2n) is 11.3. The molecule has 2 rings (SSSR count). The number of carbonyl (C=O) groups is 2. The molecule has 0 atom stereocenters. The summed E-state index contributed by atoms with van der Waals surface area (Å²) in [5, 5.41) is 18.2. The van der Waals surface area contributed by atoms with Gasteiger partial charge in [0, 0.05) is 16.9 Å². The van der Waals surface area contributed by atoms with Crippen molar-refractivity contribution in [1.82, 2.24) is 4.98 Å². The average molecular weight is 600 g/mol. The zero-order valence-corrected chi connectivity index (χ0v) is 27.3. The Labute approximate surface area is 259 Å². The summed E-state index contributed by atoms with van der Waals surface area (Å²) in [4.78, 5) is 26.4. The number of nitrogens with zero attached hydrogens (tertiary/aromatic N) is 1. The van der Waals surface area contributed by atoms with Gasteiger partial charge in [-0.3, -0.25) is 9.59 Å². The van der Waals surface area contributed by atoms with E-state index in [1.54, 1.807) is 0 Å². The average Bonchev–Trinajstić information content (AvgIpc) is 3.33. The van der Waals surface area contributed by atoms with E-state index >= 15 is 0 Å². The van der Waals surface area contributed by atoms with Gasteiger partial charge in [0.15, 0.2) is 0 Å². The normalized spacial score (nSPS) is 11.0. The highest BCUT2D eigenvalue weighted by atomic mass is 32.1. The van der Waals surface area contributed by atoms with Crippen molar-refractivity contribution in [2.24, 2.45) is 0 Å². The molecule has 0 bridgehead atoms. The standard InChI is InChI=1S/C24H46O2.C12H11NO2S/c1-2-3-4-5-6-7-8-9-10-11-12-13-14-15-16-17-18-19-20-21-22-23-24(25)26;1-8-10(7-11(14)15)13-12(16-8)9-5-3-2-4-6-9/h9-10H,2-8,11-23H2,1H3,(H,25,26);2-6H,7H2,1H3,(H,14,15)/b10-9-;. The Morgan fingerprint density at radius 2 is 1.17 bits per heavy atom. The van der Waals surface area contributed by atoms with E-state index in [1.807, 2.05) is 37.3 Å². The van der Waals surface area contributed by atoms with Gasteiger partial charge in [-0.05, 0) is 39.0 Å². The third-order valence-electron chi connectivity index (χ3n) is 7.38. The Morgan fingerprint density at radius 3 is 1.64 bits per heavy atom. The van der Waals surface area contributed by atoms with Crippen molar-refractivity contribution in [3.8, 4) is 10.6 Å². The van der Waals surface area contributed by atoms with Crippen LogP contribution in [-0.4, -0.2) is 27.1 Å². The summed E-state index contributed by atoms with van der Waals surface area (Å²) < 4.78 is 0. The first-order valence-corrected chi connectivity index (χ1v) is 17.4. The van der Waals surface area contributed by atoms with Gasteiger partial charge in [-0.2, -0.15) is 0 Å². The van der Waals surface area contributed by atoms with Crippen molar-refractivity contribution in [1.29, 1.82) is 0 Å². The predicted molar refractivity (Wildman–Crippen MR) is 178 cm³/mol. The first-order valence-electron chi connectivity index (χ1n) is 16.5. The molecule has 0 saturated heterocycles. The van der Waals surface area contributed by atoms with Crippen LogP contribution in [0.4, 0.5) is 0 Å². The Bertz CT molecular complexity index is 970. The summed E-state index contributed by atoms with van der Waals surface area (Å²) >= 11 is 1.53. The van der Waals surface area contributed by atoms with Crippen LogP contribution < -0.4 is 0 Å². The van der Waals surface area contributed by atoms with E-state index in [4.69, 9.17) is 10.2 Å². The van der Waals surface area contributed by atoms with Gasteiger partial charge in [0.2, 0.25) is 0 Å². The number of benzene rings is 1. The Balaban J connectivity index is 0.000000465. The van der Waals surface area contributed by atoms with Crippen molar-refractivity contribution in [2.75, 3.05) is 0 Å². The second-order valence-corrected chi connectivity index (χ2v) is 12.5. The number of unbranched alkanes of at least 4 members (excludes halogenated alkanes) is 17. The van der Waals surface area contributed by atoms with E-state index in [2.05, 4.69) is 24.1 Å². The summed E-state index contributed by atoms with van der Waals surface area (Å²) in [5.41, 5.74) is 1.70. The van der Waals surface area contributed by atoms with Crippen molar-refractivity contribution in [3.63, 3.8) is 0 Å². The maximum absolute atomic E-state index is 10.6. The van der Waals surface area contributed by atoms with E-state index in [-0.39, 0.29) is 6.42 Å². The first kappa shape index (κ1) is 37.6. The van der Waals surface area contributed by atoms with Gasteiger partial charge in [0.25, 0.3) is 0 Å². The topological polar surface area (TPSA) is 87.5 Å². The largest absolute Gasteiger partial charge is 0.481 e. The van der Waals surface area contributed by atoms with Crippen LogP contribution in [0.2, 0.25) is 0 Å². The smallest absolute Gasteiger partial charge is 0.309 e. The van der Waals surface area contributed by atoms with Gasteiger partial charge in [-0.15, -0.1) is 11.3 Å².